The van der Waals surface area contributed by atoms with E-state index >= 15 is 0 Å². The highest BCUT2D eigenvalue weighted by molar-refractivity contribution is 5.95. The van der Waals surface area contributed by atoms with Crippen molar-refractivity contribution in [3.8, 4) is 11.5 Å². The molecule has 1 heterocycles. The lowest BCUT2D eigenvalue weighted by atomic mass is 9.75. The predicted octanol–water partition coefficient (Wildman–Crippen LogP) is 2.57. The van der Waals surface area contributed by atoms with Crippen molar-refractivity contribution in [2.24, 2.45) is 5.92 Å². The summed E-state index contributed by atoms with van der Waals surface area (Å²) in [6.45, 7) is 1.02. The zero-order valence-electron chi connectivity index (χ0n) is 14.6. The van der Waals surface area contributed by atoms with Gasteiger partial charge in [0.15, 0.2) is 11.5 Å². The van der Waals surface area contributed by atoms with Gasteiger partial charge in [-0.05, 0) is 48.9 Å². The molecule has 5 nitrogen and oxygen atoms in total. The van der Waals surface area contributed by atoms with E-state index in [1.54, 1.807) is 18.2 Å². The number of carbonyl (C=O) groups is 1. The summed E-state index contributed by atoms with van der Waals surface area (Å²) in [7, 11) is 0. The molecule has 2 aromatic rings. The van der Waals surface area contributed by atoms with Gasteiger partial charge >= 0.3 is 0 Å². The molecule has 1 saturated carbocycles. The highest BCUT2D eigenvalue weighted by Crippen LogP contribution is 2.33. The number of benzene rings is 2. The summed E-state index contributed by atoms with van der Waals surface area (Å²) in [5.74, 6) is 1.47. The first-order valence-corrected chi connectivity index (χ1v) is 9.11. The Hall–Kier alpha value is -2.53. The Balaban J connectivity index is 1.48. The minimum atomic E-state index is -0.246. The topological polar surface area (TPSA) is 67.8 Å². The number of ether oxygens (including phenoxy) is 2. The highest BCUT2D eigenvalue weighted by Gasteiger charge is 2.35. The molecular formula is C21H23NO4. The SMILES string of the molecule is O=C(NC(Cc1ccccc1)C1CC(O)C1)c1ccc2c(c1)OCCO2. The zero-order chi connectivity index (χ0) is 17.9. The molecule has 2 aromatic carbocycles. The molecule has 136 valence electrons. The monoisotopic (exact) mass is 353 g/mol. The van der Waals surface area contributed by atoms with Crippen molar-refractivity contribution < 1.29 is 19.4 Å². The van der Waals surface area contributed by atoms with Crippen LogP contribution < -0.4 is 14.8 Å². The number of hydrogen-bond donors (Lipinski definition) is 2. The molecule has 1 amide bonds. The van der Waals surface area contributed by atoms with Crippen LogP contribution in [0.4, 0.5) is 0 Å². The van der Waals surface area contributed by atoms with Crippen LogP contribution in [0.1, 0.15) is 28.8 Å². The van der Waals surface area contributed by atoms with Crippen molar-refractivity contribution in [1.82, 2.24) is 5.32 Å². The highest BCUT2D eigenvalue weighted by atomic mass is 16.6. The summed E-state index contributed by atoms with van der Waals surface area (Å²) >= 11 is 0. The third-order valence-corrected chi connectivity index (χ3v) is 5.14. The maximum absolute atomic E-state index is 12.8. The average Bonchev–Trinajstić information content (AvgIpc) is 2.65. The van der Waals surface area contributed by atoms with E-state index in [0.717, 1.165) is 19.3 Å². The Bertz CT molecular complexity index is 771. The lowest BCUT2D eigenvalue weighted by molar-refractivity contribution is 0.0239. The van der Waals surface area contributed by atoms with E-state index in [2.05, 4.69) is 17.4 Å². The van der Waals surface area contributed by atoms with Gasteiger partial charge < -0.3 is 19.9 Å². The summed E-state index contributed by atoms with van der Waals surface area (Å²) in [6, 6.07) is 15.4. The summed E-state index contributed by atoms with van der Waals surface area (Å²) in [5.41, 5.74) is 1.74. The Morgan fingerprint density at radius 1 is 1.08 bits per heavy atom. The quantitative estimate of drug-likeness (QED) is 0.867. The number of aliphatic hydroxyl groups excluding tert-OH is 1. The Labute approximate surface area is 152 Å². The molecule has 0 radical (unpaired) electrons. The molecule has 26 heavy (non-hydrogen) atoms. The molecule has 1 aliphatic heterocycles. The van der Waals surface area contributed by atoms with Crippen LogP contribution >= 0.6 is 0 Å². The Morgan fingerprint density at radius 2 is 1.81 bits per heavy atom. The van der Waals surface area contributed by atoms with E-state index in [4.69, 9.17) is 9.47 Å². The van der Waals surface area contributed by atoms with E-state index in [0.29, 0.717) is 36.2 Å². The first-order chi connectivity index (χ1) is 12.7. The van der Waals surface area contributed by atoms with Gasteiger partial charge in [-0.2, -0.15) is 0 Å². The minimum Gasteiger partial charge on any atom is -0.486 e. The summed E-state index contributed by atoms with van der Waals surface area (Å²) in [5, 5.41) is 12.8. The number of fused-ring (bicyclic) bond motifs is 1. The number of aliphatic hydroxyl groups is 1. The molecule has 1 fully saturated rings. The van der Waals surface area contributed by atoms with Crippen LogP contribution in [-0.4, -0.2) is 36.4 Å². The van der Waals surface area contributed by atoms with Gasteiger partial charge in [-0.15, -0.1) is 0 Å². The van der Waals surface area contributed by atoms with Crippen LogP contribution in [0.25, 0.3) is 0 Å². The van der Waals surface area contributed by atoms with Gasteiger partial charge in [0.25, 0.3) is 5.91 Å². The van der Waals surface area contributed by atoms with E-state index < -0.39 is 0 Å². The molecule has 1 unspecified atom stereocenters. The van der Waals surface area contributed by atoms with Gasteiger partial charge in [-0.25, -0.2) is 0 Å². The Morgan fingerprint density at radius 3 is 2.54 bits per heavy atom. The molecular weight excluding hydrogens is 330 g/mol. The second-order valence-electron chi connectivity index (χ2n) is 7.01. The minimum absolute atomic E-state index is 0.00139. The number of rotatable bonds is 5. The van der Waals surface area contributed by atoms with Crippen molar-refractivity contribution in [3.63, 3.8) is 0 Å². The molecule has 4 rings (SSSR count). The summed E-state index contributed by atoms with van der Waals surface area (Å²) in [6.07, 6.45) is 1.98. The van der Waals surface area contributed by atoms with Crippen LogP contribution in [0.5, 0.6) is 11.5 Å². The second-order valence-corrected chi connectivity index (χ2v) is 7.01. The standard InChI is InChI=1S/C21H23NO4/c23-17-11-16(12-17)18(10-14-4-2-1-3-5-14)22-21(24)15-6-7-19-20(13-15)26-9-8-25-19/h1-7,13,16-18,23H,8-12H2,(H,22,24). The third-order valence-electron chi connectivity index (χ3n) is 5.14. The van der Waals surface area contributed by atoms with E-state index in [9.17, 15) is 9.90 Å². The molecule has 5 heteroatoms. The molecule has 0 saturated heterocycles. The molecule has 2 aliphatic rings. The molecule has 0 spiro atoms. The van der Waals surface area contributed by atoms with Gasteiger partial charge in [0.05, 0.1) is 6.10 Å². The lowest BCUT2D eigenvalue weighted by Gasteiger charge is -2.38. The fourth-order valence-corrected chi connectivity index (χ4v) is 3.60. The largest absolute Gasteiger partial charge is 0.486 e. The van der Waals surface area contributed by atoms with E-state index in [-0.39, 0.29) is 18.1 Å². The average molecular weight is 353 g/mol. The molecule has 0 bridgehead atoms. The first kappa shape index (κ1) is 16.9. The van der Waals surface area contributed by atoms with Gasteiger partial charge in [-0.3, -0.25) is 4.79 Å². The van der Waals surface area contributed by atoms with Crippen LogP contribution in [0, 0.1) is 5.92 Å². The second kappa shape index (κ2) is 7.38. The van der Waals surface area contributed by atoms with Crippen molar-refractivity contribution in [3.05, 3.63) is 59.7 Å². The summed E-state index contributed by atoms with van der Waals surface area (Å²) in [4.78, 5) is 12.8. The molecule has 1 aliphatic carbocycles. The number of amides is 1. The van der Waals surface area contributed by atoms with Crippen molar-refractivity contribution >= 4 is 5.91 Å². The van der Waals surface area contributed by atoms with Crippen molar-refractivity contribution in [1.29, 1.82) is 0 Å². The van der Waals surface area contributed by atoms with Crippen molar-refractivity contribution in [2.45, 2.75) is 31.4 Å². The Kier molecular flexibility index (Phi) is 4.80. The maximum Gasteiger partial charge on any atom is 0.251 e. The molecule has 0 aromatic heterocycles. The fourth-order valence-electron chi connectivity index (χ4n) is 3.60. The normalized spacial score (nSPS) is 22.2. The van der Waals surface area contributed by atoms with Gasteiger partial charge in [0, 0.05) is 11.6 Å². The van der Waals surface area contributed by atoms with Crippen LogP contribution in [0.2, 0.25) is 0 Å². The van der Waals surface area contributed by atoms with E-state index in [1.807, 2.05) is 18.2 Å². The molecule has 1 atom stereocenters. The number of nitrogens with one attached hydrogen (secondary N) is 1. The van der Waals surface area contributed by atoms with E-state index in [1.165, 1.54) is 5.56 Å². The maximum atomic E-state index is 12.8. The lowest BCUT2D eigenvalue weighted by Crippen LogP contribution is -2.48. The van der Waals surface area contributed by atoms with Crippen LogP contribution in [0.15, 0.2) is 48.5 Å². The zero-order valence-corrected chi connectivity index (χ0v) is 14.6. The first-order valence-electron chi connectivity index (χ1n) is 9.11. The van der Waals surface area contributed by atoms with Gasteiger partial charge in [0.2, 0.25) is 0 Å². The predicted molar refractivity (Wildman–Crippen MR) is 97.6 cm³/mol. The number of carbonyl (C=O) groups excluding carboxylic acids is 1. The summed E-state index contributed by atoms with van der Waals surface area (Å²) < 4.78 is 11.1. The van der Waals surface area contributed by atoms with Gasteiger partial charge in [-0.1, -0.05) is 30.3 Å². The van der Waals surface area contributed by atoms with Crippen LogP contribution in [0.3, 0.4) is 0 Å². The number of hydrogen-bond acceptors (Lipinski definition) is 4. The van der Waals surface area contributed by atoms with Crippen molar-refractivity contribution in [2.75, 3.05) is 13.2 Å². The molecule has 2 N–H and O–H groups in total. The van der Waals surface area contributed by atoms with Crippen LogP contribution in [-0.2, 0) is 6.42 Å². The third kappa shape index (κ3) is 3.68. The smallest absolute Gasteiger partial charge is 0.251 e. The fraction of sp³-hybridized carbons (Fsp3) is 0.381. The van der Waals surface area contributed by atoms with Gasteiger partial charge in [0.1, 0.15) is 13.2 Å².